The van der Waals surface area contributed by atoms with Crippen LogP contribution in [0.3, 0.4) is 0 Å². The van der Waals surface area contributed by atoms with Crippen molar-refractivity contribution in [3.05, 3.63) is 89.4 Å². The zero-order valence-electron chi connectivity index (χ0n) is 21.6. The molecule has 0 aliphatic rings. The summed E-state index contributed by atoms with van der Waals surface area (Å²) in [4.78, 5) is 23.9. The predicted octanol–water partition coefficient (Wildman–Crippen LogP) is 3.52. The molecule has 0 spiro atoms. The van der Waals surface area contributed by atoms with Gasteiger partial charge in [-0.2, -0.15) is 5.10 Å². The molecule has 11 nitrogen and oxygen atoms in total. The van der Waals surface area contributed by atoms with Crippen LogP contribution in [0.1, 0.15) is 40.1 Å². The molecule has 1 aromatic carbocycles. The second kappa shape index (κ2) is 10.0. The first kappa shape index (κ1) is 25.0. The number of hydrogen-bond acceptors (Lipinski definition) is 9. The molecule has 1 atom stereocenters. The number of pyridine rings is 1. The minimum atomic E-state index is -0.910. The Morgan fingerprint density at radius 2 is 1.84 bits per heavy atom. The molecular weight excluding hydrogens is 484 g/mol. The fourth-order valence-electron chi connectivity index (χ4n) is 4.22. The van der Waals surface area contributed by atoms with E-state index in [1.54, 1.807) is 28.8 Å². The van der Waals surface area contributed by atoms with E-state index in [0.717, 1.165) is 17.0 Å². The summed E-state index contributed by atoms with van der Waals surface area (Å²) in [5.74, 6) is 0.430. The van der Waals surface area contributed by atoms with Crippen molar-refractivity contribution < 1.29 is 13.6 Å². The van der Waals surface area contributed by atoms with Crippen LogP contribution >= 0.6 is 0 Å². The molecule has 38 heavy (non-hydrogen) atoms. The smallest absolute Gasteiger partial charge is 0.266 e. The maximum Gasteiger partial charge on any atom is 0.266 e. The Labute approximate surface area is 219 Å². The topological polar surface area (TPSA) is 142 Å². The van der Waals surface area contributed by atoms with E-state index in [-0.39, 0.29) is 23.6 Å². The van der Waals surface area contributed by atoms with Gasteiger partial charge in [0.2, 0.25) is 11.8 Å². The molecule has 0 aliphatic heterocycles. The van der Waals surface area contributed by atoms with Gasteiger partial charge in [0.25, 0.3) is 11.8 Å². The molecule has 0 bridgehead atoms. The van der Waals surface area contributed by atoms with E-state index in [1.807, 2.05) is 57.3 Å². The van der Waals surface area contributed by atoms with Crippen molar-refractivity contribution in [2.45, 2.75) is 32.4 Å². The number of nitrogens with zero attached hydrogens (tertiary/aromatic N) is 7. The first-order valence-electron chi connectivity index (χ1n) is 12.0. The summed E-state index contributed by atoms with van der Waals surface area (Å²) in [5, 5.41) is 12.8. The van der Waals surface area contributed by atoms with Gasteiger partial charge in [-0.1, -0.05) is 30.3 Å². The highest BCUT2D eigenvalue weighted by atomic mass is 16.4. The third kappa shape index (κ3) is 5.23. The van der Waals surface area contributed by atoms with Crippen molar-refractivity contribution in [1.82, 2.24) is 34.8 Å². The molecule has 5 rings (SSSR count). The van der Waals surface area contributed by atoms with Crippen LogP contribution < -0.4 is 5.73 Å². The second-order valence-corrected chi connectivity index (χ2v) is 9.52. The molecule has 4 aromatic heterocycles. The lowest BCUT2D eigenvalue weighted by molar-refractivity contribution is 0.0782. The SMILES string of the molecule is Cc1cc(CN(C)C(=O)c2cc(-c3ncco3)nc(-c3nnc([C@@](C)(N)Cc4ccccc4)o3)c2)n(C)n1. The summed E-state index contributed by atoms with van der Waals surface area (Å²) < 4.78 is 13.2. The monoisotopic (exact) mass is 512 g/mol. The lowest BCUT2D eigenvalue weighted by Gasteiger charge is -2.20. The van der Waals surface area contributed by atoms with Gasteiger partial charge < -0.3 is 19.5 Å². The van der Waals surface area contributed by atoms with Crippen molar-refractivity contribution in [3.8, 4) is 23.2 Å². The molecule has 11 heteroatoms. The van der Waals surface area contributed by atoms with Crippen LogP contribution in [-0.4, -0.2) is 47.8 Å². The highest BCUT2D eigenvalue weighted by Crippen LogP contribution is 2.28. The second-order valence-electron chi connectivity index (χ2n) is 9.52. The summed E-state index contributed by atoms with van der Waals surface area (Å²) >= 11 is 0. The Hall–Kier alpha value is -4.64. The van der Waals surface area contributed by atoms with Gasteiger partial charge in [-0.15, -0.1) is 10.2 Å². The minimum Gasteiger partial charge on any atom is -0.443 e. The number of benzene rings is 1. The van der Waals surface area contributed by atoms with Gasteiger partial charge in [-0.25, -0.2) is 9.97 Å². The van der Waals surface area contributed by atoms with E-state index in [1.165, 1.54) is 12.5 Å². The molecule has 0 saturated carbocycles. The molecule has 0 radical (unpaired) electrons. The van der Waals surface area contributed by atoms with Gasteiger partial charge in [0.1, 0.15) is 17.7 Å². The highest BCUT2D eigenvalue weighted by Gasteiger charge is 2.29. The minimum absolute atomic E-state index is 0.136. The third-order valence-electron chi connectivity index (χ3n) is 6.12. The molecule has 0 fully saturated rings. The van der Waals surface area contributed by atoms with Crippen LogP contribution in [-0.2, 0) is 25.6 Å². The third-order valence-corrected chi connectivity index (χ3v) is 6.12. The van der Waals surface area contributed by atoms with E-state index >= 15 is 0 Å². The predicted molar refractivity (Wildman–Crippen MR) is 138 cm³/mol. The van der Waals surface area contributed by atoms with Crippen LogP contribution in [0.15, 0.2) is 69.8 Å². The van der Waals surface area contributed by atoms with Crippen molar-refractivity contribution in [3.63, 3.8) is 0 Å². The number of nitrogens with two attached hydrogens (primary N) is 1. The molecule has 1 amide bonds. The van der Waals surface area contributed by atoms with Crippen molar-refractivity contribution in [2.24, 2.45) is 12.8 Å². The maximum absolute atomic E-state index is 13.5. The molecule has 0 aliphatic carbocycles. The largest absolute Gasteiger partial charge is 0.443 e. The van der Waals surface area contributed by atoms with E-state index in [0.29, 0.717) is 29.9 Å². The Morgan fingerprint density at radius 1 is 1.11 bits per heavy atom. The van der Waals surface area contributed by atoms with Gasteiger partial charge in [-0.05, 0) is 44.0 Å². The molecule has 0 unspecified atom stereocenters. The standard InChI is InChI=1S/C27H28N8O3/c1-17-12-20(35(4)33-17)16-34(3)25(36)19-13-21(23-29-10-11-37-23)30-22(14-19)24-31-32-26(38-24)27(2,28)15-18-8-6-5-7-9-18/h5-14H,15-16,28H2,1-4H3/t27-/m0/s1. The van der Waals surface area contributed by atoms with Crippen molar-refractivity contribution in [2.75, 3.05) is 7.05 Å². The van der Waals surface area contributed by atoms with E-state index in [4.69, 9.17) is 14.6 Å². The summed E-state index contributed by atoms with van der Waals surface area (Å²) in [5.41, 5.74) is 9.52. The van der Waals surface area contributed by atoms with Crippen molar-refractivity contribution >= 4 is 5.91 Å². The van der Waals surface area contributed by atoms with E-state index in [2.05, 4.69) is 25.3 Å². The van der Waals surface area contributed by atoms with E-state index < -0.39 is 5.54 Å². The number of aromatic nitrogens is 6. The van der Waals surface area contributed by atoms with Gasteiger partial charge in [0, 0.05) is 19.7 Å². The number of aryl methyl sites for hydroxylation is 2. The summed E-state index contributed by atoms with van der Waals surface area (Å²) in [6.45, 7) is 4.11. The number of amides is 1. The van der Waals surface area contributed by atoms with Gasteiger partial charge in [0.15, 0.2) is 0 Å². The quantitative estimate of drug-likeness (QED) is 0.330. The van der Waals surface area contributed by atoms with Crippen LogP contribution in [0.5, 0.6) is 0 Å². The number of hydrogen-bond donors (Lipinski definition) is 1. The Morgan fingerprint density at radius 3 is 2.50 bits per heavy atom. The maximum atomic E-state index is 13.5. The molecular formula is C27H28N8O3. The first-order valence-corrected chi connectivity index (χ1v) is 12.0. The summed E-state index contributed by atoms with van der Waals surface area (Å²) in [6.07, 6.45) is 3.45. The fourth-order valence-corrected chi connectivity index (χ4v) is 4.22. The Balaban J connectivity index is 1.47. The zero-order chi connectivity index (χ0) is 26.9. The van der Waals surface area contributed by atoms with Crippen LogP contribution in [0.4, 0.5) is 0 Å². The molecule has 0 saturated heterocycles. The molecule has 4 heterocycles. The van der Waals surface area contributed by atoms with Crippen LogP contribution in [0.2, 0.25) is 0 Å². The number of carbonyl (C=O) groups is 1. The summed E-state index contributed by atoms with van der Waals surface area (Å²) in [7, 11) is 3.58. The Bertz CT molecular complexity index is 1550. The number of rotatable bonds is 8. The lowest BCUT2D eigenvalue weighted by atomic mass is 9.94. The van der Waals surface area contributed by atoms with Crippen molar-refractivity contribution in [1.29, 1.82) is 0 Å². The Kier molecular flexibility index (Phi) is 6.60. The number of carbonyl (C=O) groups excluding carboxylic acids is 1. The lowest BCUT2D eigenvalue weighted by Crippen LogP contribution is -2.35. The van der Waals surface area contributed by atoms with Gasteiger partial charge >= 0.3 is 0 Å². The van der Waals surface area contributed by atoms with Gasteiger partial charge in [-0.3, -0.25) is 9.48 Å². The first-order chi connectivity index (χ1) is 18.2. The highest BCUT2D eigenvalue weighted by molar-refractivity contribution is 5.95. The normalized spacial score (nSPS) is 12.9. The molecule has 2 N–H and O–H groups in total. The average Bonchev–Trinajstić information content (AvgIpc) is 3.66. The number of oxazole rings is 1. The fraction of sp³-hybridized carbons (Fsp3) is 0.259. The molecule has 5 aromatic rings. The van der Waals surface area contributed by atoms with Crippen LogP contribution in [0.25, 0.3) is 23.2 Å². The van der Waals surface area contributed by atoms with Gasteiger partial charge in [0.05, 0.1) is 29.7 Å². The zero-order valence-corrected chi connectivity index (χ0v) is 21.6. The summed E-state index contributed by atoms with van der Waals surface area (Å²) in [6, 6.07) is 15.0. The van der Waals surface area contributed by atoms with E-state index in [9.17, 15) is 4.79 Å². The van der Waals surface area contributed by atoms with Crippen LogP contribution in [0, 0.1) is 6.92 Å². The molecule has 194 valence electrons. The average molecular weight is 513 g/mol.